The van der Waals surface area contributed by atoms with E-state index in [0.29, 0.717) is 19.4 Å². The molecular formula is C90H113Cl5F5N15O24S5. The van der Waals surface area contributed by atoms with Crippen molar-refractivity contribution in [3.05, 3.63) is 188 Å². The molecule has 1 aromatic heterocycles. The number of aromatic nitrogens is 2. The van der Waals surface area contributed by atoms with Crippen molar-refractivity contribution >= 4 is 185 Å². The minimum atomic E-state index is -4.01. The first-order valence-electron chi connectivity index (χ1n) is 44.2. The standard InChI is InChI=1S/C22H25ClFN3O5S.C20H25ClFN5O5S.C18H25ClFN3O5S.C17H23ClFN3O5S.C13H15ClFNO4S/c1-22(2,3)32-21(29)27-12-11-26(33(30,31)16-7-5-4-6-8-16)14-19(27)20(28)25-15-9-10-17(23)18(24)13-15;1-20(2,3)32-19(29)27-8-7-26(33(30,31)17-11-25(4)12-23-17)10-16(27)18(28)24-13-5-6-14(21)15(22)9-13;1-5-29(26,27)22-8-9-23(17(25)28-18(2,3)4)15(11-22)16(24)21-12-6-7-13(19)14(20)10-12;1-17(2,3)27-16(24)22-8-7-21(28(4,25)26)10-14(22)15(23)20-11-5-6-12(18)13(19)9-11;1-21(18,19)16-6-2-3-9(8-16)13(17)20-10-4-5-11(14)12(15)7-10/h4-10,13,19H,11-12,14H2,1-3H3,(H,25,28);5-6,9,11-12,16H,7-8,10H2,1-4H3,(H,24,28);6-7,10,15H,5,8-9,11H2,1-4H3,(H,21,24);5-6,9,14H,7-8,10H2,1-4H3,(H,20,23);4-5,7,9H,2-3,6,8H2,1H3/t;;;;9-/m....0/s1. The second kappa shape index (κ2) is 49.4. The van der Waals surface area contributed by atoms with E-state index in [1.165, 1.54) is 120 Å². The third-order valence-electron chi connectivity index (χ3n) is 21.0. The van der Waals surface area contributed by atoms with Crippen molar-refractivity contribution in [1.29, 1.82) is 0 Å². The Bertz CT molecular complexity index is 6470. The zero-order valence-electron chi connectivity index (χ0n) is 81.1. The van der Waals surface area contributed by atoms with Gasteiger partial charge >= 0.3 is 30.3 Å². The summed E-state index contributed by atoms with van der Waals surface area (Å²) in [5.74, 6) is -7.47. The van der Waals surface area contributed by atoms with E-state index in [1.807, 2.05) is 0 Å². The summed E-state index contributed by atoms with van der Waals surface area (Å²) < 4.78 is 226. The van der Waals surface area contributed by atoms with Gasteiger partial charge in [0.25, 0.3) is 10.0 Å². The second-order valence-electron chi connectivity index (χ2n) is 37.0. The smallest absolute Gasteiger partial charge is 0.411 e. The molecule has 6 aromatic carbocycles. The Kier molecular flexibility index (Phi) is 40.8. The molecule has 7 aromatic rings. The highest BCUT2D eigenvalue weighted by Gasteiger charge is 2.47. The van der Waals surface area contributed by atoms with Crippen LogP contribution in [0.5, 0.6) is 5.75 Å². The molecule has 54 heteroatoms. The van der Waals surface area contributed by atoms with Gasteiger partial charge in [0.15, 0.2) is 5.03 Å². The van der Waals surface area contributed by atoms with Gasteiger partial charge in [0, 0.05) is 134 Å². The number of hydrogen-bond acceptors (Lipinski definition) is 25. The Morgan fingerprint density at radius 2 is 0.688 bits per heavy atom. The summed E-state index contributed by atoms with van der Waals surface area (Å²) in [6.07, 6.45) is 2.99. The minimum absolute atomic E-state index is 0.0127. The summed E-state index contributed by atoms with van der Waals surface area (Å²) in [5, 5.41) is 9.38. The quantitative estimate of drug-likeness (QED) is 0.0268. The Hall–Kier alpha value is -10.4. The lowest BCUT2D eigenvalue weighted by molar-refractivity contribution is -0.140. The number of piperidine rings is 1. The molecule has 0 radical (unpaired) electrons. The summed E-state index contributed by atoms with van der Waals surface area (Å²) in [4.78, 5) is 123. The number of esters is 1. The number of nitrogens with zero attached hydrogens (tertiary/aromatic N) is 11. The van der Waals surface area contributed by atoms with E-state index >= 15 is 0 Å². The number of anilines is 4. The Balaban J connectivity index is 0.000000222. The van der Waals surface area contributed by atoms with Gasteiger partial charge in [-0.2, -0.15) is 17.2 Å². The van der Waals surface area contributed by atoms with Crippen molar-refractivity contribution in [3.63, 3.8) is 0 Å². The fourth-order valence-corrected chi connectivity index (χ4v) is 20.3. The van der Waals surface area contributed by atoms with Crippen LogP contribution in [0.25, 0.3) is 0 Å². The first-order valence-corrected chi connectivity index (χ1v) is 54.2. The molecule has 144 heavy (non-hydrogen) atoms. The van der Waals surface area contributed by atoms with Crippen molar-refractivity contribution in [3.8, 4) is 5.75 Å². The van der Waals surface area contributed by atoms with Crippen LogP contribution in [0.15, 0.2) is 144 Å². The summed E-state index contributed by atoms with van der Waals surface area (Å²) >= 11 is 28.2. The lowest BCUT2D eigenvalue weighted by atomic mass is 10.00. The van der Waals surface area contributed by atoms with Crippen LogP contribution in [0, 0.1) is 35.0 Å². The van der Waals surface area contributed by atoms with Crippen LogP contribution in [0.3, 0.4) is 0 Å². The first-order chi connectivity index (χ1) is 66.5. The summed E-state index contributed by atoms with van der Waals surface area (Å²) in [5.41, 5.74) is -2.72. The summed E-state index contributed by atoms with van der Waals surface area (Å²) in [6.45, 7) is 21.0. The predicted molar refractivity (Wildman–Crippen MR) is 528 cm³/mol. The van der Waals surface area contributed by atoms with Crippen molar-refractivity contribution < 1.29 is 131 Å². The number of aryl methyl sites for hydroxylation is 1. The van der Waals surface area contributed by atoms with Crippen LogP contribution in [-0.4, -0.2) is 303 Å². The number of hydrogen-bond donors (Lipinski definition) is 4. The van der Waals surface area contributed by atoms with Gasteiger partial charge in [-0.3, -0.25) is 43.6 Å². The third-order valence-corrected chi connectivity index (χ3v) is 30.6. The van der Waals surface area contributed by atoms with E-state index in [9.17, 15) is 107 Å². The lowest BCUT2D eigenvalue weighted by Gasteiger charge is -2.40. The van der Waals surface area contributed by atoms with E-state index in [0.717, 1.165) is 60.7 Å². The first kappa shape index (κ1) is 119. The molecule has 6 heterocycles. The SMILES string of the molecule is CC(C)(C)OC(=O)N1CCN(S(=O)(=O)c2ccccc2)CC1C(=O)Nc1ccc(Cl)c(F)c1.CC(C)(C)OC(=O)N1CCN(S(C)(=O)=O)CC1C(=O)Nc1ccc(Cl)c(F)c1.CCS(=O)(=O)N1CCN(C(=O)OC(C)(C)C)C(C(=O)Nc2ccc(Cl)c(F)c2)C1.CS(=O)(=O)N1CCC[C@H](C(=O)Oc2ccc(Cl)c(F)c2)C1.Cn1cnc(S(=O)(=O)N2CCN(C(=O)OC(C)(C)C)C(C(=O)Nc3ccc(Cl)c(F)c3)C2)c1. The molecule has 39 nitrogen and oxygen atoms in total. The Labute approximate surface area is 857 Å². The highest BCUT2D eigenvalue weighted by Crippen LogP contribution is 2.33. The average molecular weight is 2220 g/mol. The molecule has 5 saturated heterocycles. The number of sulfonamides is 5. The monoisotopic (exact) mass is 2220 g/mol. The number of ether oxygens (including phenoxy) is 5. The number of imidazole rings is 1. The molecule has 5 atom stereocenters. The van der Waals surface area contributed by atoms with Crippen molar-refractivity contribution in [1.82, 2.24) is 50.7 Å². The maximum Gasteiger partial charge on any atom is 0.411 e. The number of piperazine rings is 4. The van der Waals surface area contributed by atoms with Gasteiger partial charge in [-0.25, -0.2) is 92.5 Å². The molecule has 5 aliphatic heterocycles. The van der Waals surface area contributed by atoms with Crippen LogP contribution in [0.2, 0.25) is 25.1 Å². The molecule has 4 N–H and O–H groups in total. The minimum Gasteiger partial charge on any atom is -0.444 e. The maximum atomic E-state index is 13.8. The van der Waals surface area contributed by atoms with E-state index < -0.39 is 186 Å². The van der Waals surface area contributed by atoms with Crippen LogP contribution in [0.1, 0.15) is 103 Å². The van der Waals surface area contributed by atoms with Gasteiger partial charge in [0.2, 0.25) is 63.7 Å². The fourth-order valence-electron chi connectivity index (χ4n) is 14.0. The van der Waals surface area contributed by atoms with E-state index in [4.69, 9.17) is 81.7 Å². The van der Waals surface area contributed by atoms with Gasteiger partial charge in [-0.1, -0.05) is 76.2 Å². The van der Waals surface area contributed by atoms with E-state index in [2.05, 4.69) is 26.3 Å². The number of nitrogens with one attached hydrogen (secondary N) is 4. The zero-order chi connectivity index (χ0) is 108. The average Bonchev–Trinajstić information content (AvgIpc) is 0.959. The molecular weight excluding hydrogens is 2110 g/mol. The maximum absolute atomic E-state index is 13.8. The van der Waals surface area contributed by atoms with Crippen LogP contribution >= 0.6 is 58.0 Å². The number of carbonyl (C=O) groups excluding carboxylic acids is 9. The van der Waals surface area contributed by atoms with Crippen LogP contribution in [-0.2, 0) is 100 Å². The molecule has 0 bridgehead atoms. The van der Waals surface area contributed by atoms with Gasteiger partial charge in [0.05, 0.1) is 60.5 Å². The molecule has 792 valence electrons. The van der Waals surface area contributed by atoms with E-state index in [-0.39, 0.29) is 154 Å². The molecule has 4 unspecified atom stereocenters. The number of carbonyl (C=O) groups is 9. The topological polar surface area (TPSA) is 466 Å². The van der Waals surface area contributed by atoms with Crippen LogP contribution < -0.4 is 26.0 Å². The zero-order valence-corrected chi connectivity index (χ0v) is 89.0. The molecule has 12 rings (SSSR count). The largest absolute Gasteiger partial charge is 0.444 e. The van der Waals surface area contributed by atoms with Gasteiger partial charge in [0.1, 0.15) is 81.4 Å². The van der Waals surface area contributed by atoms with Crippen LogP contribution in [0.4, 0.5) is 63.9 Å². The van der Waals surface area contributed by atoms with Gasteiger partial charge < -0.3 is 49.5 Å². The molecule has 8 amide bonds. The summed E-state index contributed by atoms with van der Waals surface area (Å²) in [7, 11) is -16.7. The fraction of sp³-hybridized carbons (Fsp3) is 0.467. The highest BCUT2D eigenvalue weighted by molar-refractivity contribution is 7.90. The molecule has 0 aliphatic carbocycles. The molecule has 5 fully saturated rings. The number of benzene rings is 6. The molecule has 5 aliphatic rings. The Morgan fingerprint density at radius 3 is 0.993 bits per heavy atom. The highest BCUT2D eigenvalue weighted by atomic mass is 35.5. The lowest BCUT2D eigenvalue weighted by Crippen LogP contribution is -2.61. The van der Waals surface area contributed by atoms with E-state index in [1.54, 1.807) is 108 Å². The predicted octanol–water partition coefficient (Wildman–Crippen LogP) is 13.2. The third kappa shape index (κ3) is 34.6. The summed E-state index contributed by atoms with van der Waals surface area (Å²) in [6, 6.07) is 21.7. The van der Waals surface area contributed by atoms with Crippen molar-refractivity contribution in [2.24, 2.45) is 13.0 Å². The number of halogens is 10. The van der Waals surface area contributed by atoms with Crippen molar-refractivity contribution in [2.45, 2.75) is 159 Å². The molecule has 0 spiro atoms. The second-order valence-corrected chi connectivity index (χ2v) is 49.1. The van der Waals surface area contributed by atoms with Gasteiger partial charge in [-0.15, -0.1) is 0 Å². The van der Waals surface area contributed by atoms with Gasteiger partial charge in [-0.05, 0) is 200 Å². The molecule has 0 saturated carbocycles. The normalized spacial score (nSPS) is 18.3. The van der Waals surface area contributed by atoms with Crippen molar-refractivity contribution in [2.75, 3.05) is 131 Å². The number of rotatable bonds is 18. The number of amides is 8. The Morgan fingerprint density at radius 1 is 0.389 bits per heavy atom.